The van der Waals surface area contributed by atoms with Crippen molar-refractivity contribution >= 4 is 22.5 Å². The minimum Gasteiger partial charge on any atom is -0.377 e. The summed E-state index contributed by atoms with van der Waals surface area (Å²) >= 11 is 0. The SMILES string of the molecule is COC1CN(c2cccc(F)c2)C12CCN(C(=O)c1cccc3[nH]ccc13)CC2. The zero-order valence-electron chi connectivity index (χ0n) is 16.4. The molecule has 150 valence electrons. The molecule has 1 spiro atoms. The Morgan fingerprint density at radius 1 is 1.17 bits per heavy atom. The van der Waals surface area contributed by atoms with Gasteiger partial charge in [0.2, 0.25) is 0 Å². The molecule has 3 aromatic rings. The standard InChI is InChI=1S/C23H24FN3O2/c1-29-21-15-27(17-5-2-4-16(24)14-17)23(21)9-12-26(13-10-23)22(28)19-6-3-7-20-18(19)8-11-25-20/h2-8,11,14,21,25H,9-10,12-13,15H2,1H3. The number of nitrogens with zero attached hydrogens (tertiary/aromatic N) is 2. The van der Waals surface area contributed by atoms with Gasteiger partial charge in [-0.3, -0.25) is 4.79 Å². The number of nitrogens with one attached hydrogen (secondary N) is 1. The van der Waals surface area contributed by atoms with Gasteiger partial charge in [-0.25, -0.2) is 4.39 Å². The van der Waals surface area contributed by atoms with E-state index in [1.807, 2.05) is 41.4 Å². The van der Waals surface area contributed by atoms with Crippen molar-refractivity contribution in [3.8, 4) is 0 Å². The molecule has 6 heteroatoms. The third-order valence-electron chi connectivity index (χ3n) is 6.63. The zero-order chi connectivity index (χ0) is 20.0. The largest absolute Gasteiger partial charge is 0.377 e. The van der Waals surface area contributed by atoms with Crippen LogP contribution in [0.15, 0.2) is 54.7 Å². The van der Waals surface area contributed by atoms with Crippen LogP contribution < -0.4 is 4.90 Å². The summed E-state index contributed by atoms with van der Waals surface area (Å²) < 4.78 is 19.5. The molecule has 0 bridgehead atoms. The Labute approximate surface area is 169 Å². The third kappa shape index (κ3) is 2.82. The lowest BCUT2D eigenvalue weighted by Gasteiger charge is -2.61. The van der Waals surface area contributed by atoms with Crippen LogP contribution in [0.2, 0.25) is 0 Å². The van der Waals surface area contributed by atoms with E-state index in [9.17, 15) is 9.18 Å². The molecule has 0 aliphatic carbocycles. The first-order valence-corrected chi connectivity index (χ1v) is 10.0. The van der Waals surface area contributed by atoms with Crippen LogP contribution in [0.1, 0.15) is 23.2 Å². The second-order valence-electron chi connectivity index (χ2n) is 7.96. The molecule has 1 unspecified atom stereocenters. The normalized spacial score (nSPS) is 20.8. The number of benzene rings is 2. The van der Waals surface area contributed by atoms with E-state index in [1.165, 1.54) is 6.07 Å². The summed E-state index contributed by atoms with van der Waals surface area (Å²) in [6, 6.07) is 14.5. The second-order valence-corrected chi connectivity index (χ2v) is 7.96. The number of ether oxygens (including phenoxy) is 1. The Kier molecular flexibility index (Phi) is 4.32. The number of methoxy groups -OCH3 is 1. The van der Waals surface area contributed by atoms with Crippen molar-refractivity contribution in [2.45, 2.75) is 24.5 Å². The van der Waals surface area contributed by atoms with Gasteiger partial charge in [-0.2, -0.15) is 0 Å². The molecule has 1 amide bonds. The van der Waals surface area contributed by atoms with Gasteiger partial charge in [-0.1, -0.05) is 12.1 Å². The summed E-state index contributed by atoms with van der Waals surface area (Å²) in [6.45, 7) is 2.06. The van der Waals surface area contributed by atoms with Gasteiger partial charge in [0, 0.05) is 55.1 Å². The van der Waals surface area contributed by atoms with Gasteiger partial charge in [-0.15, -0.1) is 0 Å². The molecular formula is C23H24FN3O2. The zero-order valence-corrected chi connectivity index (χ0v) is 16.4. The van der Waals surface area contributed by atoms with Crippen LogP contribution in [-0.2, 0) is 4.74 Å². The van der Waals surface area contributed by atoms with Crippen LogP contribution in [0.25, 0.3) is 10.9 Å². The molecule has 5 nitrogen and oxygen atoms in total. The highest BCUT2D eigenvalue weighted by molar-refractivity contribution is 6.06. The predicted molar refractivity (Wildman–Crippen MR) is 111 cm³/mol. The van der Waals surface area contributed by atoms with Crippen molar-refractivity contribution in [1.29, 1.82) is 0 Å². The van der Waals surface area contributed by atoms with Crippen LogP contribution >= 0.6 is 0 Å². The molecule has 2 aromatic carbocycles. The van der Waals surface area contributed by atoms with Crippen molar-refractivity contribution in [2.75, 3.05) is 31.6 Å². The number of anilines is 1. The molecule has 2 aliphatic heterocycles. The van der Waals surface area contributed by atoms with Gasteiger partial charge in [0.25, 0.3) is 5.91 Å². The minimum atomic E-state index is -0.231. The van der Waals surface area contributed by atoms with Crippen molar-refractivity contribution < 1.29 is 13.9 Å². The molecule has 2 aliphatic rings. The summed E-state index contributed by atoms with van der Waals surface area (Å²) in [5.41, 5.74) is 2.41. The maximum Gasteiger partial charge on any atom is 0.254 e. The molecule has 2 fully saturated rings. The number of carbonyl (C=O) groups excluding carboxylic acids is 1. The Hall–Kier alpha value is -2.86. The fourth-order valence-corrected chi connectivity index (χ4v) is 5.01. The summed E-state index contributed by atoms with van der Waals surface area (Å²) in [5.74, 6) is -0.165. The molecule has 29 heavy (non-hydrogen) atoms. The number of hydrogen-bond donors (Lipinski definition) is 1. The maximum atomic E-state index is 13.8. The molecular weight excluding hydrogens is 369 g/mol. The maximum absolute atomic E-state index is 13.8. The number of amides is 1. The van der Waals surface area contributed by atoms with E-state index in [2.05, 4.69) is 9.88 Å². The summed E-state index contributed by atoms with van der Waals surface area (Å²) in [5, 5.41) is 0.956. The highest BCUT2D eigenvalue weighted by Gasteiger charge is 2.55. The van der Waals surface area contributed by atoms with Crippen LogP contribution in [0.3, 0.4) is 0 Å². The number of halogens is 1. The molecule has 0 saturated carbocycles. The van der Waals surface area contributed by atoms with Crippen LogP contribution in [0, 0.1) is 5.82 Å². The lowest BCUT2D eigenvalue weighted by molar-refractivity contribution is -0.0433. The number of piperidine rings is 1. The average molecular weight is 393 g/mol. The first-order valence-electron chi connectivity index (χ1n) is 10.0. The van der Waals surface area contributed by atoms with Crippen LogP contribution in [0.5, 0.6) is 0 Å². The highest BCUT2D eigenvalue weighted by atomic mass is 19.1. The van der Waals surface area contributed by atoms with Crippen molar-refractivity contribution in [3.63, 3.8) is 0 Å². The number of likely N-dealkylation sites (tertiary alicyclic amines) is 1. The fourth-order valence-electron chi connectivity index (χ4n) is 5.01. The van der Waals surface area contributed by atoms with E-state index in [0.29, 0.717) is 13.1 Å². The quantitative estimate of drug-likeness (QED) is 0.736. The van der Waals surface area contributed by atoms with Crippen molar-refractivity contribution in [1.82, 2.24) is 9.88 Å². The second kappa shape index (κ2) is 6.88. The van der Waals surface area contributed by atoms with E-state index < -0.39 is 0 Å². The summed E-state index contributed by atoms with van der Waals surface area (Å²) in [4.78, 5) is 20.5. The predicted octanol–water partition coefficient (Wildman–Crippen LogP) is 3.82. The van der Waals surface area contributed by atoms with E-state index in [0.717, 1.165) is 41.5 Å². The summed E-state index contributed by atoms with van der Waals surface area (Å²) in [6.07, 6.45) is 3.56. The third-order valence-corrected chi connectivity index (χ3v) is 6.63. The van der Waals surface area contributed by atoms with E-state index in [4.69, 9.17) is 4.74 Å². The summed E-state index contributed by atoms with van der Waals surface area (Å²) in [7, 11) is 1.74. The lowest BCUT2D eigenvalue weighted by Crippen LogP contribution is -2.74. The number of rotatable bonds is 3. The molecule has 5 rings (SSSR count). The lowest BCUT2D eigenvalue weighted by atomic mass is 9.73. The minimum absolute atomic E-state index is 0.0654. The van der Waals surface area contributed by atoms with Gasteiger partial charge in [0.1, 0.15) is 5.82 Å². The van der Waals surface area contributed by atoms with Gasteiger partial charge in [-0.05, 0) is 49.2 Å². The van der Waals surface area contributed by atoms with E-state index in [-0.39, 0.29) is 23.4 Å². The Morgan fingerprint density at radius 2 is 1.97 bits per heavy atom. The molecule has 3 heterocycles. The molecule has 1 N–H and O–H groups in total. The fraction of sp³-hybridized carbons (Fsp3) is 0.348. The molecule has 1 atom stereocenters. The van der Waals surface area contributed by atoms with Crippen LogP contribution in [-0.4, -0.2) is 54.2 Å². The molecule has 2 saturated heterocycles. The highest BCUT2D eigenvalue weighted by Crippen LogP contribution is 2.45. The number of hydrogen-bond acceptors (Lipinski definition) is 3. The van der Waals surface area contributed by atoms with Crippen molar-refractivity contribution in [2.24, 2.45) is 0 Å². The first kappa shape index (κ1) is 18.2. The smallest absolute Gasteiger partial charge is 0.254 e. The molecule has 1 aromatic heterocycles. The first-order chi connectivity index (χ1) is 14.1. The Morgan fingerprint density at radius 3 is 2.72 bits per heavy atom. The van der Waals surface area contributed by atoms with Gasteiger partial charge in [0.05, 0.1) is 11.6 Å². The van der Waals surface area contributed by atoms with E-state index >= 15 is 0 Å². The Bertz CT molecular complexity index is 1050. The monoisotopic (exact) mass is 393 g/mol. The van der Waals surface area contributed by atoms with Gasteiger partial charge in [0.15, 0.2) is 0 Å². The van der Waals surface area contributed by atoms with Gasteiger partial charge >= 0.3 is 0 Å². The van der Waals surface area contributed by atoms with Crippen molar-refractivity contribution in [3.05, 3.63) is 66.1 Å². The molecule has 0 radical (unpaired) electrons. The van der Waals surface area contributed by atoms with E-state index in [1.54, 1.807) is 19.2 Å². The van der Waals surface area contributed by atoms with Gasteiger partial charge < -0.3 is 19.5 Å². The number of carbonyl (C=O) groups is 1. The average Bonchev–Trinajstić information content (AvgIpc) is 3.22. The number of H-pyrrole nitrogens is 1. The number of aromatic nitrogens is 1. The van der Waals surface area contributed by atoms with Crippen LogP contribution in [0.4, 0.5) is 10.1 Å². The Balaban J connectivity index is 1.37. The topological polar surface area (TPSA) is 48.6 Å². The number of fused-ring (bicyclic) bond motifs is 1. The number of aromatic amines is 1.